The number of anilines is 1. The van der Waals surface area contributed by atoms with E-state index in [1.165, 1.54) is 4.90 Å². The lowest BCUT2D eigenvalue weighted by molar-refractivity contribution is -0.120. The molecule has 6 nitrogen and oxygen atoms in total. The molecule has 0 spiro atoms. The molecule has 164 valence electrons. The highest BCUT2D eigenvalue weighted by atomic mass is 35.5. The zero-order valence-electron chi connectivity index (χ0n) is 18.3. The number of carbonyl (C=O) groups is 2. The second-order valence-corrected chi connectivity index (χ2v) is 7.82. The molecule has 0 unspecified atom stereocenters. The second-order valence-electron chi connectivity index (χ2n) is 7.41. The number of hydrogen-bond donors (Lipinski definition) is 0. The summed E-state index contributed by atoms with van der Waals surface area (Å²) >= 11 is 6.36. The summed E-state index contributed by atoms with van der Waals surface area (Å²) in [5, 5.41) is 0.339. The van der Waals surface area contributed by atoms with Gasteiger partial charge in [-0.1, -0.05) is 47.5 Å². The number of ether oxygens (including phenoxy) is 2. The van der Waals surface area contributed by atoms with Crippen molar-refractivity contribution in [3.05, 3.63) is 69.9 Å². The fraction of sp³-hybridized carbons (Fsp3) is 0.333. The van der Waals surface area contributed by atoms with Crippen LogP contribution in [-0.2, 0) is 19.1 Å². The first-order chi connectivity index (χ1) is 14.9. The van der Waals surface area contributed by atoms with Crippen molar-refractivity contribution < 1.29 is 19.1 Å². The second kappa shape index (κ2) is 10.1. The number of methoxy groups -OCH3 is 2. The van der Waals surface area contributed by atoms with Gasteiger partial charge in [-0.05, 0) is 37.1 Å². The normalized spacial score (nSPS) is 14.0. The molecule has 1 aliphatic heterocycles. The molecule has 0 fully saturated rings. The first-order valence-corrected chi connectivity index (χ1v) is 10.5. The van der Waals surface area contributed by atoms with Gasteiger partial charge < -0.3 is 14.4 Å². The molecule has 1 heterocycles. The fourth-order valence-electron chi connectivity index (χ4n) is 3.74. The first kappa shape index (κ1) is 23.0. The van der Waals surface area contributed by atoms with Gasteiger partial charge in [0.1, 0.15) is 5.70 Å². The lowest BCUT2D eigenvalue weighted by Crippen LogP contribution is -2.37. The third kappa shape index (κ3) is 4.66. The number of hydrogen-bond acceptors (Lipinski definition) is 5. The average Bonchev–Trinajstić information content (AvgIpc) is 2.99. The van der Waals surface area contributed by atoms with Gasteiger partial charge in [0.05, 0.1) is 29.5 Å². The van der Waals surface area contributed by atoms with Crippen molar-refractivity contribution in [3.8, 4) is 0 Å². The predicted molar refractivity (Wildman–Crippen MR) is 122 cm³/mol. The molecule has 0 atom stereocenters. The molecule has 0 saturated heterocycles. The molecule has 2 aromatic carbocycles. The lowest BCUT2D eigenvalue weighted by atomic mass is 9.97. The van der Waals surface area contributed by atoms with Crippen LogP contribution in [0.25, 0.3) is 5.57 Å². The maximum Gasteiger partial charge on any atom is 0.282 e. The molecule has 0 aliphatic carbocycles. The molecule has 3 rings (SSSR count). The summed E-state index contributed by atoms with van der Waals surface area (Å²) in [6, 6.07) is 12.7. The number of nitrogens with zero attached hydrogens (tertiary/aromatic N) is 2. The maximum atomic E-state index is 13.7. The highest BCUT2D eigenvalue weighted by molar-refractivity contribution is 6.47. The molecule has 0 aromatic heterocycles. The number of imide groups is 1. The van der Waals surface area contributed by atoms with E-state index in [0.717, 1.165) is 16.7 Å². The molecule has 0 bridgehead atoms. The number of benzene rings is 2. The summed E-state index contributed by atoms with van der Waals surface area (Å²) in [5.74, 6) is -0.792. The molecule has 31 heavy (non-hydrogen) atoms. The van der Waals surface area contributed by atoms with Gasteiger partial charge in [0.15, 0.2) is 0 Å². The van der Waals surface area contributed by atoms with Crippen LogP contribution in [0.4, 0.5) is 5.69 Å². The number of para-hydroxylation sites is 1. The van der Waals surface area contributed by atoms with E-state index < -0.39 is 5.91 Å². The van der Waals surface area contributed by atoms with Gasteiger partial charge in [-0.3, -0.25) is 9.59 Å². The van der Waals surface area contributed by atoms with Gasteiger partial charge in [-0.15, -0.1) is 0 Å². The Bertz CT molecular complexity index is 1010. The maximum absolute atomic E-state index is 13.7. The molecule has 7 heteroatoms. The highest BCUT2D eigenvalue weighted by Gasteiger charge is 2.43. The van der Waals surface area contributed by atoms with E-state index >= 15 is 0 Å². The van der Waals surface area contributed by atoms with E-state index in [1.807, 2.05) is 36.9 Å². The smallest absolute Gasteiger partial charge is 0.282 e. The summed E-state index contributed by atoms with van der Waals surface area (Å²) < 4.78 is 10.5. The van der Waals surface area contributed by atoms with Crippen LogP contribution in [0.15, 0.2) is 48.2 Å². The predicted octanol–water partition coefficient (Wildman–Crippen LogP) is 3.84. The third-order valence-electron chi connectivity index (χ3n) is 5.25. The SMILES string of the molecule is COCCN(CCOC)C1=C(c2ccc(C)cc2C)C(=O)N(c2ccccc2Cl)C1=O. The van der Waals surface area contributed by atoms with Crippen LogP contribution in [0.2, 0.25) is 5.02 Å². The summed E-state index contributed by atoms with van der Waals surface area (Å²) in [6.45, 7) is 5.63. The number of amides is 2. The Morgan fingerprint density at radius 3 is 2.16 bits per heavy atom. The van der Waals surface area contributed by atoms with Crippen molar-refractivity contribution in [2.24, 2.45) is 0 Å². The lowest BCUT2D eigenvalue weighted by Gasteiger charge is -2.26. The Balaban J connectivity index is 2.19. The molecule has 0 N–H and O–H groups in total. The fourth-order valence-corrected chi connectivity index (χ4v) is 3.96. The van der Waals surface area contributed by atoms with Crippen LogP contribution < -0.4 is 4.90 Å². The number of aryl methyl sites for hydroxylation is 2. The molecule has 2 amide bonds. The van der Waals surface area contributed by atoms with Crippen molar-refractivity contribution in [2.75, 3.05) is 45.4 Å². The molecule has 0 radical (unpaired) electrons. The van der Waals surface area contributed by atoms with Crippen LogP contribution in [0.5, 0.6) is 0 Å². The third-order valence-corrected chi connectivity index (χ3v) is 5.57. The molecular formula is C24H27ClN2O4. The van der Waals surface area contributed by atoms with Gasteiger partial charge in [-0.2, -0.15) is 0 Å². The summed E-state index contributed by atoms with van der Waals surface area (Å²) in [5.41, 5.74) is 3.82. The zero-order chi connectivity index (χ0) is 22.5. The largest absolute Gasteiger partial charge is 0.383 e. The molecule has 1 aliphatic rings. The van der Waals surface area contributed by atoms with Crippen molar-refractivity contribution in [1.82, 2.24) is 4.90 Å². The standard InChI is InChI=1S/C24H27ClN2O4/c1-16-9-10-18(17(2)15-16)21-22(26(11-13-30-3)12-14-31-4)24(29)27(23(21)28)20-8-6-5-7-19(20)25/h5-10,15H,11-14H2,1-4H3. The van der Waals surface area contributed by atoms with E-state index in [-0.39, 0.29) is 5.91 Å². The van der Waals surface area contributed by atoms with Crippen molar-refractivity contribution >= 4 is 34.7 Å². The molecule has 2 aromatic rings. The van der Waals surface area contributed by atoms with Gasteiger partial charge >= 0.3 is 0 Å². The van der Waals surface area contributed by atoms with Crippen LogP contribution in [-0.4, -0.2) is 57.2 Å². The zero-order valence-corrected chi connectivity index (χ0v) is 19.0. The van der Waals surface area contributed by atoms with E-state index in [9.17, 15) is 9.59 Å². The van der Waals surface area contributed by atoms with E-state index in [2.05, 4.69) is 0 Å². The molecular weight excluding hydrogens is 416 g/mol. The van der Waals surface area contributed by atoms with Crippen LogP contribution in [0, 0.1) is 13.8 Å². The van der Waals surface area contributed by atoms with Crippen molar-refractivity contribution in [1.29, 1.82) is 0 Å². The van der Waals surface area contributed by atoms with Crippen LogP contribution in [0.1, 0.15) is 16.7 Å². The minimum absolute atomic E-state index is 0.339. The van der Waals surface area contributed by atoms with Crippen LogP contribution in [0.3, 0.4) is 0 Å². The Morgan fingerprint density at radius 2 is 1.58 bits per heavy atom. The quantitative estimate of drug-likeness (QED) is 0.552. The van der Waals surface area contributed by atoms with E-state index in [4.69, 9.17) is 21.1 Å². The van der Waals surface area contributed by atoms with Gasteiger partial charge in [0.25, 0.3) is 11.8 Å². The molecule has 0 saturated carbocycles. The van der Waals surface area contributed by atoms with Gasteiger partial charge in [0, 0.05) is 27.3 Å². The summed E-state index contributed by atoms with van der Waals surface area (Å²) in [6.07, 6.45) is 0. The monoisotopic (exact) mass is 442 g/mol. The number of rotatable bonds is 9. The first-order valence-electron chi connectivity index (χ1n) is 10.1. The Morgan fingerprint density at radius 1 is 0.935 bits per heavy atom. The number of carbonyl (C=O) groups excluding carboxylic acids is 2. The van der Waals surface area contributed by atoms with Crippen molar-refractivity contribution in [3.63, 3.8) is 0 Å². The minimum atomic E-state index is -0.403. The summed E-state index contributed by atoms with van der Waals surface area (Å²) in [4.78, 5) is 30.4. The van der Waals surface area contributed by atoms with Crippen molar-refractivity contribution in [2.45, 2.75) is 13.8 Å². The number of halogens is 1. The Kier molecular flexibility index (Phi) is 7.49. The van der Waals surface area contributed by atoms with E-state index in [1.54, 1.807) is 38.5 Å². The Labute approximate surface area is 188 Å². The summed E-state index contributed by atoms with van der Waals surface area (Å²) in [7, 11) is 3.21. The average molecular weight is 443 g/mol. The minimum Gasteiger partial charge on any atom is -0.383 e. The van der Waals surface area contributed by atoms with Crippen LogP contribution >= 0.6 is 11.6 Å². The van der Waals surface area contributed by atoms with E-state index in [0.29, 0.717) is 48.3 Å². The highest BCUT2D eigenvalue weighted by Crippen LogP contribution is 2.38. The topological polar surface area (TPSA) is 59.1 Å². The van der Waals surface area contributed by atoms with Gasteiger partial charge in [0.2, 0.25) is 0 Å². The Hall–Kier alpha value is -2.67. The van der Waals surface area contributed by atoms with Gasteiger partial charge in [-0.25, -0.2) is 4.90 Å².